The highest BCUT2D eigenvalue weighted by atomic mass is 16.5. The number of aryl methyl sites for hydroxylation is 2. The standard InChI is InChI=1S/C28H36N2O5/c1-20-9-14-26-23(17-20)19-24(28(32)35-26)18-22(27(31)29-33)8-5-4-7-21-10-12-25(13-11-21)34-16-6-15-30(2)3/h9-14,17,19,22,33H,4-8,15-16,18H2,1-3H3,(H,29,31). The van der Waals surface area contributed by atoms with Crippen LogP contribution >= 0.6 is 0 Å². The van der Waals surface area contributed by atoms with E-state index in [1.165, 1.54) is 5.56 Å². The van der Waals surface area contributed by atoms with E-state index in [4.69, 9.17) is 9.15 Å². The predicted molar refractivity (Wildman–Crippen MR) is 137 cm³/mol. The minimum absolute atomic E-state index is 0.221. The first kappa shape index (κ1) is 26.4. The molecule has 3 aromatic rings. The van der Waals surface area contributed by atoms with Gasteiger partial charge in [-0.25, -0.2) is 10.3 Å². The topological polar surface area (TPSA) is 92.0 Å². The Balaban J connectivity index is 1.51. The third-order valence-corrected chi connectivity index (χ3v) is 6.12. The average Bonchev–Trinajstić information content (AvgIpc) is 2.84. The maximum absolute atomic E-state index is 12.4. The zero-order chi connectivity index (χ0) is 25.2. The molecular formula is C28H36N2O5. The lowest BCUT2D eigenvalue weighted by Crippen LogP contribution is -2.30. The van der Waals surface area contributed by atoms with Crippen LogP contribution in [-0.4, -0.2) is 43.3 Å². The molecule has 2 N–H and O–H groups in total. The number of benzene rings is 2. The number of amides is 1. The molecule has 188 valence electrons. The van der Waals surface area contributed by atoms with Gasteiger partial charge in [0.1, 0.15) is 11.3 Å². The van der Waals surface area contributed by atoms with Crippen molar-refractivity contribution in [2.75, 3.05) is 27.2 Å². The van der Waals surface area contributed by atoms with Gasteiger partial charge in [0.25, 0.3) is 0 Å². The largest absolute Gasteiger partial charge is 0.494 e. The molecule has 0 aliphatic carbocycles. The lowest BCUT2D eigenvalue weighted by atomic mass is 9.92. The molecule has 0 fully saturated rings. The summed E-state index contributed by atoms with van der Waals surface area (Å²) in [7, 11) is 4.10. The number of carbonyl (C=O) groups excluding carboxylic acids is 1. The molecule has 0 spiro atoms. The van der Waals surface area contributed by atoms with Crippen molar-refractivity contribution >= 4 is 16.9 Å². The van der Waals surface area contributed by atoms with Gasteiger partial charge in [-0.05, 0) is 89.0 Å². The molecule has 1 aromatic heterocycles. The first-order valence-corrected chi connectivity index (χ1v) is 12.2. The van der Waals surface area contributed by atoms with Crippen molar-refractivity contribution in [3.63, 3.8) is 0 Å². The summed E-state index contributed by atoms with van der Waals surface area (Å²) in [5, 5.41) is 10.0. The third kappa shape index (κ3) is 8.23. The zero-order valence-corrected chi connectivity index (χ0v) is 20.9. The van der Waals surface area contributed by atoms with Gasteiger partial charge in [0, 0.05) is 23.4 Å². The molecule has 2 aromatic carbocycles. The van der Waals surface area contributed by atoms with Crippen molar-refractivity contribution in [1.29, 1.82) is 0 Å². The van der Waals surface area contributed by atoms with Crippen LogP contribution in [0.4, 0.5) is 0 Å². The van der Waals surface area contributed by atoms with Crippen LogP contribution in [-0.2, 0) is 17.6 Å². The molecule has 0 aliphatic rings. The van der Waals surface area contributed by atoms with Gasteiger partial charge in [0.2, 0.25) is 5.91 Å². The maximum atomic E-state index is 12.4. The molecule has 1 unspecified atom stereocenters. The van der Waals surface area contributed by atoms with Crippen LogP contribution in [0.15, 0.2) is 57.7 Å². The molecule has 7 nitrogen and oxygen atoms in total. The monoisotopic (exact) mass is 480 g/mol. The van der Waals surface area contributed by atoms with Gasteiger partial charge in [0.15, 0.2) is 0 Å². The van der Waals surface area contributed by atoms with E-state index in [1.807, 2.05) is 45.3 Å². The van der Waals surface area contributed by atoms with Gasteiger partial charge in [-0.15, -0.1) is 0 Å². The van der Waals surface area contributed by atoms with Gasteiger partial charge < -0.3 is 14.1 Å². The fourth-order valence-electron chi connectivity index (χ4n) is 4.15. The van der Waals surface area contributed by atoms with E-state index < -0.39 is 17.5 Å². The van der Waals surface area contributed by atoms with Crippen LogP contribution in [0.1, 0.15) is 42.4 Å². The summed E-state index contributed by atoms with van der Waals surface area (Å²) in [6.07, 6.45) is 4.33. The van der Waals surface area contributed by atoms with E-state index >= 15 is 0 Å². The number of fused-ring (bicyclic) bond motifs is 1. The highest BCUT2D eigenvalue weighted by Gasteiger charge is 2.20. The summed E-state index contributed by atoms with van der Waals surface area (Å²) in [6, 6.07) is 15.5. The number of carbonyl (C=O) groups is 1. The Hall–Kier alpha value is -3.16. The Kier molecular flexibility index (Phi) is 9.87. The second kappa shape index (κ2) is 13.1. The Bertz CT molecular complexity index is 1150. The molecule has 1 atom stereocenters. The number of hydrogen-bond acceptors (Lipinski definition) is 6. The van der Waals surface area contributed by atoms with Gasteiger partial charge in [-0.3, -0.25) is 10.0 Å². The molecule has 0 saturated carbocycles. The van der Waals surface area contributed by atoms with E-state index in [1.54, 1.807) is 17.6 Å². The molecule has 1 heterocycles. The number of rotatable bonds is 13. The normalized spacial score (nSPS) is 12.1. The average molecular weight is 481 g/mol. The first-order valence-electron chi connectivity index (χ1n) is 12.2. The van der Waals surface area contributed by atoms with E-state index in [0.717, 1.165) is 48.9 Å². The van der Waals surface area contributed by atoms with Crippen molar-refractivity contribution in [3.05, 3.63) is 75.6 Å². The number of nitrogens with one attached hydrogen (secondary N) is 1. The predicted octanol–water partition coefficient (Wildman–Crippen LogP) is 4.51. The Morgan fingerprint density at radius 2 is 1.86 bits per heavy atom. The molecule has 0 aliphatic heterocycles. The van der Waals surface area contributed by atoms with Crippen LogP contribution in [0.25, 0.3) is 11.0 Å². The van der Waals surface area contributed by atoms with Gasteiger partial charge in [-0.2, -0.15) is 0 Å². The SMILES string of the molecule is Cc1ccc2oc(=O)c(CC(CCCCc3ccc(OCCCN(C)C)cc3)C(=O)NO)cc2c1. The number of unbranched alkanes of at least 4 members (excludes halogenated alkanes) is 1. The van der Waals surface area contributed by atoms with Crippen molar-refractivity contribution < 1.29 is 19.2 Å². The van der Waals surface area contributed by atoms with Crippen molar-refractivity contribution in [2.45, 2.75) is 45.4 Å². The van der Waals surface area contributed by atoms with Crippen LogP contribution in [0, 0.1) is 12.8 Å². The number of nitrogens with zero attached hydrogens (tertiary/aromatic N) is 1. The molecule has 0 radical (unpaired) electrons. The minimum Gasteiger partial charge on any atom is -0.494 e. The zero-order valence-electron chi connectivity index (χ0n) is 20.9. The lowest BCUT2D eigenvalue weighted by molar-refractivity contribution is -0.133. The highest BCUT2D eigenvalue weighted by molar-refractivity contribution is 5.79. The van der Waals surface area contributed by atoms with Crippen LogP contribution in [0.2, 0.25) is 0 Å². The van der Waals surface area contributed by atoms with Crippen molar-refractivity contribution in [2.24, 2.45) is 5.92 Å². The van der Waals surface area contributed by atoms with Gasteiger partial charge in [0.05, 0.1) is 6.61 Å². The second-order valence-electron chi connectivity index (χ2n) is 9.37. The fourth-order valence-corrected chi connectivity index (χ4v) is 4.15. The van der Waals surface area contributed by atoms with Gasteiger partial charge in [-0.1, -0.05) is 30.2 Å². The summed E-state index contributed by atoms with van der Waals surface area (Å²) in [4.78, 5) is 26.9. The molecule has 0 bridgehead atoms. The summed E-state index contributed by atoms with van der Waals surface area (Å²) in [6.45, 7) is 3.67. The molecule has 7 heteroatoms. The lowest BCUT2D eigenvalue weighted by Gasteiger charge is -2.15. The summed E-state index contributed by atoms with van der Waals surface area (Å²) < 4.78 is 11.2. The van der Waals surface area contributed by atoms with E-state index in [0.29, 0.717) is 24.2 Å². The first-order chi connectivity index (χ1) is 16.9. The van der Waals surface area contributed by atoms with Crippen LogP contribution < -0.4 is 15.8 Å². The molecular weight excluding hydrogens is 444 g/mol. The highest BCUT2D eigenvalue weighted by Crippen LogP contribution is 2.20. The Morgan fingerprint density at radius 1 is 1.09 bits per heavy atom. The van der Waals surface area contributed by atoms with Gasteiger partial charge >= 0.3 is 5.63 Å². The fraction of sp³-hybridized carbons (Fsp3) is 0.429. The van der Waals surface area contributed by atoms with Crippen LogP contribution in [0.3, 0.4) is 0 Å². The number of ether oxygens (including phenoxy) is 1. The quantitative estimate of drug-likeness (QED) is 0.162. The second-order valence-corrected chi connectivity index (χ2v) is 9.37. The van der Waals surface area contributed by atoms with E-state index in [9.17, 15) is 14.8 Å². The number of hydrogen-bond donors (Lipinski definition) is 2. The van der Waals surface area contributed by atoms with Crippen LogP contribution in [0.5, 0.6) is 5.75 Å². The smallest absolute Gasteiger partial charge is 0.339 e. The molecule has 1 amide bonds. The summed E-state index contributed by atoms with van der Waals surface area (Å²) in [5.41, 5.74) is 4.55. The Labute approximate surface area is 206 Å². The minimum atomic E-state index is -0.511. The molecule has 35 heavy (non-hydrogen) atoms. The van der Waals surface area contributed by atoms with Crippen molar-refractivity contribution in [1.82, 2.24) is 10.4 Å². The summed E-state index contributed by atoms with van der Waals surface area (Å²) >= 11 is 0. The summed E-state index contributed by atoms with van der Waals surface area (Å²) in [5.74, 6) is -0.121. The molecule has 0 saturated heterocycles. The van der Waals surface area contributed by atoms with E-state index in [-0.39, 0.29) is 6.42 Å². The maximum Gasteiger partial charge on any atom is 0.339 e. The number of hydroxylamine groups is 1. The van der Waals surface area contributed by atoms with E-state index in [2.05, 4.69) is 17.0 Å². The van der Waals surface area contributed by atoms with Crippen molar-refractivity contribution in [3.8, 4) is 5.75 Å². The Morgan fingerprint density at radius 3 is 2.57 bits per heavy atom. The molecule has 3 rings (SSSR count). The third-order valence-electron chi connectivity index (χ3n) is 6.12.